The van der Waals surface area contributed by atoms with Gasteiger partial charge in [0.1, 0.15) is 0 Å². The van der Waals surface area contributed by atoms with E-state index in [-0.39, 0.29) is 11.8 Å². The van der Waals surface area contributed by atoms with Crippen molar-refractivity contribution in [2.45, 2.75) is 13.3 Å². The minimum Gasteiger partial charge on any atom is -0.398 e. The van der Waals surface area contributed by atoms with Crippen molar-refractivity contribution in [2.24, 2.45) is 11.1 Å². The highest BCUT2D eigenvalue weighted by atomic mass is 79.9. The second kappa shape index (κ2) is 4.85. The zero-order valence-electron chi connectivity index (χ0n) is 10.6. The SMILES string of the molecule is CC1(C(N)=O)CCN(C(=O)c2cccc(N)c2Br)C1. The van der Waals surface area contributed by atoms with Crippen LogP contribution in [0.15, 0.2) is 22.7 Å². The third-order valence-corrected chi connectivity index (χ3v) is 4.50. The van der Waals surface area contributed by atoms with E-state index < -0.39 is 5.41 Å². The number of nitrogens with two attached hydrogens (primary N) is 2. The fourth-order valence-corrected chi connectivity index (χ4v) is 2.65. The van der Waals surface area contributed by atoms with Gasteiger partial charge in [0.05, 0.1) is 15.5 Å². The molecule has 4 N–H and O–H groups in total. The number of nitrogens with zero attached hydrogens (tertiary/aromatic N) is 1. The molecule has 0 aromatic heterocycles. The van der Waals surface area contributed by atoms with Crippen molar-refractivity contribution in [3.05, 3.63) is 28.2 Å². The number of hydrogen-bond donors (Lipinski definition) is 2. The van der Waals surface area contributed by atoms with Gasteiger partial charge in [-0.1, -0.05) is 6.07 Å². The van der Waals surface area contributed by atoms with Gasteiger partial charge in [-0.15, -0.1) is 0 Å². The molecule has 1 aromatic carbocycles. The van der Waals surface area contributed by atoms with Gasteiger partial charge in [0.25, 0.3) is 5.91 Å². The van der Waals surface area contributed by atoms with Crippen LogP contribution in [0.5, 0.6) is 0 Å². The first-order valence-corrected chi connectivity index (χ1v) is 6.77. The maximum atomic E-state index is 12.4. The Morgan fingerprint density at radius 2 is 2.11 bits per heavy atom. The molecule has 0 aliphatic carbocycles. The molecule has 0 saturated carbocycles. The van der Waals surface area contributed by atoms with Crippen molar-refractivity contribution < 1.29 is 9.59 Å². The van der Waals surface area contributed by atoms with Crippen molar-refractivity contribution >= 4 is 33.4 Å². The van der Waals surface area contributed by atoms with E-state index in [0.717, 1.165) is 0 Å². The Balaban J connectivity index is 2.23. The number of likely N-dealkylation sites (tertiary alicyclic amines) is 1. The molecule has 0 spiro atoms. The molecule has 1 heterocycles. The number of rotatable bonds is 2. The third kappa shape index (κ3) is 2.45. The molecule has 1 unspecified atom stereocenters. The van der Waals surface area contributed by atoms with Crippen molar-refractivity contribution in [1.29, 1.82) is 0 Å². The Labute approximate surface area is 120 Å². The number of benzene rings is 1. The van der Waals surface area contributed by atoms with Crippen molar-refractivity contribution in [3.63, 3.8) is 0 Å². The molecule has 1 aliphatic rings. The van der Waals surface area contributed by atoms with Gasteiger partial charge in [-0.05, 0) is 41.4 Å². The molecule has 6 heteroatoms. The summed E-state index contributed by atoms with van der Waals surface area (Å²) in [6, 6.07) is 5.16. The predicted octanol–water partition coefficient (Wildman–Crippen LogP) is 1.37. The first-order chi connectivity index (χ1) is 8.85. The maximum Gasteiger partial charge on any atom is 0.255 e. The lowest BCUT2D eigenvalue weighted by Crippen LogP contribution is -2.38. The molecule has 1 aromatic rings. The van der Waals surface area contributed by atoms with E-state index in [1.807, 2.05) is 0 Å². The lowest BCUT2D eigenvalue weighted by Gasteiger charge is -2.21. The number of nitrogen functional groups attached to an aromatic ring is 1. The lowest BCUT2D eigenvalue weighted by atomic mass is 9.89. The number of hydrogen-bond acceptors (Lipinski definition) is 3. The number of carbonyl (C=O) groups excluding carboxylic acids is 2. The molecule has 1 saturated heterocycles. The van der Waals surface area contributed by atoms with Crippen LogP contribution in [0, 0.1) is 5.41 Å². The number of primary amides is 1. The van der Waals surface area contributed by atoms with Gasteiger partial charge < -0.3 is 16.4 Å². The highest BCUT2D eigenvalue weighted by molar-refractivity contribution is 9.10. The topological polar surface area (TPSA) is 89.4 Å². The highest BCUT2D eigenvalue weighted by Gasteiger charge is 2.41. The van der Waals surface area contributed by atoms with Gasteiger partial charge in [-0.3, -0.25) is 9.59 Å². The summed E-state index contributed by atoms with van der Waals surface area (Å²) >= 11 is 3.32. The minimum absolute atomic E-state index is 0.135. The van der Waals surface area contributed by atoms with Gasteiger partial charge in [-0.2, -0.15) is 0 Å². The van der Waals surface area contributed by atoms with E-state index >= 15 is 0 Å². The van der Waals surface area contributed by atoms with Crippen LogP contribution in [0.1, 0.15) is 23.7 Å². The van der Waals surface area contributed by atoms with Gasteiger partial charge in [0.2, 0.25) is 5.91 Å². The van der Waals surface area contributed by atoms with Crippen LogP contribution in [0.3, 0.4) is 0 Å². The average molecular weight is 326 g/mol. The smallest absolute Gasteiger partial charge is 0.255 e. The molecule has 0 radical (unpaired) electrons. The average Bonchev–Trinajstić information content (AvgIpc) is 2.76. The summed E-state index contributed by atoms with van der Waals surface area (Å²) in [5.41, 5.74) is 11.5. The Kier molecular flexibility index (Phi) is 3.54. The zero-order valence-corrected chi connectivity index (χ0v) is 12.2. The van der Waals surface area contributed by atoms with Crippen LogP contribution >= 0.6 is 15.9 Å². The van der Waals surface area contributed by atoms with Crippen LogP contribution in [0.4, 0.5) is 5.69 Å². The highest BCUT2D eigenvalue weighted by Crippen LogP contribution is 2.32. The van der Waals surface area contributed by atoms with E-state index in [1.165, 1.54) is 0 Å². The van der Waals surface area contributed by atoms with E-state index in [2.05, 4.69) is 15.9 Å². The molecule has 2 rings (SSSR count). The Morgan fingerprint density at radius 1 is 1.42 bits per heavy atom. The fourth-order valence-electron chi connectivity index (χ4n) is 2.22. The molecular formula is C13H16BrN3O2. The van der Waals surface area contributed by atoms with Crippen LogP contribution in [0.25, 0.3) is 0 Å². The van der Waals surface area contributed by atoms with Crippen molar-refractivity contribution in [1.82, 2.24) is 4.90 Å². The summed E-state index contributed by atoms with van der Waals surface area (Å²) in [7, 11) is 0. The Morgan fingerprint density at radius 3 is 2.68 bits per heavy atom. The second-order valence-electron chi connectivity index (χ2n) is 5.11. The third-order valence-electron chi connectivity index (χ3n) is 3.61. The normalized spacial score (nSPS) is 22.5. The van der Waals surface area contributed by atoms with Crippen LogP contribution < -0.4 is 11.5 Å². The van der Waals surface area contributed by atoms with Gasteiger partial charge in [0.15, 0.2) is 0 Å². The number of anilines is 1. The van der Waals surface area contributed by atoms with Crippen molar-refractivity contribution in [2.75, 3.05) is 18.8 Å². The quantitative estimate of drug-likeness (QED) is 0.805. The lowest BCUT2D eigenvalue weighted by molar-refractivity contribution is -0.126. The van der Waals surface area contributed by atoms with E-state index in [4.69, 9.17) is 11.5 Å². The summed E-state index contributed by atoms with van der Waals surface area (Å²) in [6.45, 7) is 2.67. The van der Waals surface area contributed by atoms with Crippen molar-refractivity contribution in [3.8, 4) is 0 Å². The van der Waals surface area contributed by atoms with Gasteiger partial charge in [-0.25, -0.2) is 0 Å². The van der Waals surface area contributed by atoms with E-state index in [0.29, 0.717) is 35.2 Å². The zero-order chi connectivity index (χ0) is 14.2. The molecule has 1 aliphatic heterocycles. The number of halogens is 1. The Bertz CT molecular complexity index is 547. The predicted molar refractivity (Wildman–Crippen MR) is 76.4 cm³/mol. The molecule has 5 nitrogen and oxygen atoms in total. The summed E-state index contributed by atoms with van der Waals surface area (Å²) in [4.78, 5) is 25.5. The molecular weight excluding hydrogens is 310 g/mol. The van der Waals surface area contributed by atoms with E-state index in [9.17, 15) is 9.59 Å². The van der Waals surface area contributed by atoms with Crippen LogP contribution in [0.2, 0.25) is 0 Å². The first kappa shape index (κ1) is 13.9. The van der Waals surface area contributed by atoms with Gasteiger partial charge in [0, 0.05) is 18.8 Å². The molecule has 0 bridgehead atoms. The minimum atomic E-state index is -0.636. The monoisotopic (exact) mass is 325 g/mol. The largest absolute Gasteiger partial charge is 0.398 e. The molecule has 1 atom stereocenters. The molecule has 2 amide bonds. The first-order valence-electron chi connectivity index (χ1n) is 5.98. The summed E-state index contributed by atoms with van der Waals surface area (Å²) in [5.74, 6) is -0.501. The van der Waals surface area contributed by atoms with Crippen LogP contribution in [-0.2, 0) is 4.79 Å². The molecule has 1 fully saturated rings. The fraction of sp³-hybridized carbons (Fsp3) is 0.385. The molecule has 19 heavy (non-hydrogen) atoms. The molecule has 102 valence electrons. The van der Waals surface area contributed by atoms with Gasteiger partial charge >= 0.3 is 0 Å². The Hall–Kier alpha value is -1.56. The number of carbonyl (C=O) groups is 2. The summed E-state index contributed by atoms with van der Waals surface area (Å²) in [5, 5.41) is 0. The maximum absolute atomic E-state index is 12.4. The summed E-state index contributed by atoms with van der Waals surface area (Å²) < 4.78 is 0.590. The van der Waals surface area contributed by atoms with E-state index in [1.54, 1.807) is 30.0 Å². The number of amides is 2. The standard InChI is InChI=1S/C13H16BrN3O2/c1-13(12(16)19)5-6-17(7-13)11(18)8-3-2-4-9(15)10(8)14/h2-4H,5-7,15H2,1H3,(H2,16,19). The second-order valence-corrected chi connectivity index (χ2v) is 5.90. The summed E-state index contributed by atoms with van der Waals surface area (Å²) in [6.07, 6.45) is 0.591. The van der Waals surface area contributed by atoms with Crippen LogP contribution in [-0.4, -0.2) is 29.8 Å².